The van der Waals surface area contributed by atoms with Gasteiger partial charge in [0.05, 0.1) is 13.2 Å². The molecular weight excluding hydrogens is 398 g/mol. The van der Waals surface area contributed by atoms with Crippen LogP contribution in [0.1, 0.15) is 35.5 Å². The van der Waals surface area contributed by atoms with Crippen molar-refractivity contribution in [1.82, 2.24) is 14.9 Å². The van der Waals surface area contributed by atoms with Crippen LogP contribution >= 0.6 is 11.8 Å². The van der Waals surface area contributed by atoms with E-state index in [2.05, 4.69) is 20.9 Å². The number of ether oxygens (including phenoxy) is 1. The van der Waals surface area contributed by atoms with E-state index in [1.54, 1.807) is 7.11 Å². The summed E-state index contributed by atoms with van der Waals surface area (Å²) in [6.45, 7) is 6.04. The number of benzene rings is 2. The van der Waals surface area contributed by atoms with Crippen molar-refractivity contribution >= 4 is 23.4 Å². The number of nitrogens with one attached hydrogen (secondary N) is 2. The summed E-state index contributed by atoms with van der Waals surface area (Å²) in [7, 11) is 1.64. The number of rotatable bonds is 5. The van der Waals surface area contributed by atoms with Gasteiger partial charge in [-0.3, -0.25) is 4.79 Å². The van der Waals surface area contributed by atoms with Gasteiger partial charge in [0.15, 0.2) is 5.82 Å². The zero-order valence-corrected chi connectivity index (χ0v) is 18.3. The summed E-state index contributed by atoms with van der Waals surface area (Å²) in [4.78, 5) is 13.4. The molecule has 1 aromatic heterocycles. The highest BCUT2D eigenvalue weighted by molar-refractivity contribution is 8.00. The number of fused-ring (bicyclic) bond motifs is 1. The molecule has 1 aliphatic rings. The van der Waals surface area contributed by atoms with Gasteiger partial charge >= 0.3 is 0 Å². The van der Waals surface area contributed by atoms with Crippen molar-refractivity contribution in [1.29, 1.82) is 0 Å². The maximum Gasteiger partial charge on any atom is 0.240 e. The van der Waals surface area contributed by atoms with Gasteiger partial charge in [-0.05, 0) is 48.7 Å². The highest BCUT2D eigenvalue weighted by Crippen LogP contribution is 2.38. The molecule has 0 unspecified atom stereocenters. The maximum atomic E-state index is 13.4. The van der Waals surface area contributed by atoms with Gasteiger partial charge in [0.1, 0.15) is 11.0 Å². The van der Waals surface area contributed by atoms with Crippen LogP contribution in [0.3, 0.4) is 0 Å². The Morgan fingerprint density at radius 2 is 1.97 bits per heavy atom. The van der Waals surface area contributed by atoms with E-state index in [0.717, 1.165) is 40.4 Å². The van der Waals surface area contributed by atoms with Gasteiger partial charge in [0.2, 0.25) is 11.1 Å². The fourth-order valence-electron chi connectivity index (χ4n) is 3.46. The molecule has 0 saturated carbocycles. The molecule has 8 heteroatoms. The number of aryl methyl sites for hydroxylation is 3. The van der Waals surface area contributed by atoms with Crippen molar-refractivity contribution in [2.45, 2.75) is 43.6 Å². The Balaban J connectivity index is 1.68. The van der Waals surface area contributed by atoms with Gasteiger partial charge in [-0.1, -0.05) is 43.0 Å². The van der Waals surface area contributed by atoms with Crippen molar-refractivity contribution in [3.63, 3.8) is 0 Å². The molecule has 0 fully saturated rings. The Hall–Kier alpha value is -3.00. The summed E-state index contributed by atoms with van der Waals surface area (Å²) in [6.07, 6.45) is 0.745. The molecule has 2 N–H and O–H groups in total. The van der Waals surface area contributed by atoms with Gasteiger partial charge in [-0.2, -0.15) is 0 Å². The molecule has 0 aliphatic carbocycles. The number of hydrogen-bond acceptors (Lipinski definition) is 6. The molecule has 2 heterocycles. The van der Waals surface area contributed by atoms with Crippen molar-refractivity contribution < 1.29 is 9.53 Å². The maximum absolute atomic E-state index is 13.4. The summed E-state index contributed by atoms with van der Waals surface area (Å²) in [5, 5.41) is 11.9. The predicted molar refractivity (Wildman–Crippen MR) is 119 cm³/mol. The third-order valence-electron chi connectivity index (χ3n) is 5.20. The van der Waals surface area contributed by atoms with E-state index in [9.17, 15) is 4.79 Å². The monoisotopic (exact) mass is 423 g/mol. The van der Waals surface area contributed by atoms with Crippen molar-refractivity contribution in [3.05, 3.63) is 65.0 Å². The molecule has 0 radical (unpaired) electrons. The minimum atomic E-state index is -0.417. The Kier molecular flexibility index (Phi) is 5.67. The number of anilines is 1. The number of carbonyl (C=O) groups is 1. The second kappa shape index (κ2) is 8.39. The summed E-state index contributed by atoms with van der Waals surface area (Å²) in [5.41, 5.74) is 7.41. The average molecular weight is 424 g/mol. The van der Waals surface area contributed by atoms with Crippen LogP contribution in [0, 0.1) is 13.8 Å². The lowest BCUT2D eigenvalue weighted by Gasteiger charge is -2.33. The fourth-order valence-corrected chi connectivity index (χ4v) is 4.56. The fraction of sp³-hybridized carbons (Fsp3) is 0.318. The number of nitrogens with zero attached hydrogens (tertiary/aromatic N) is 3. The number of aromatic nitrogens is 3. The molecule has 0 spiro atoms. The Morgan fingerprint density at radius 3 is 2.67 bits per heavy atom. The lowest BCUT2D eigenvalue weighted by molar-refractivity contribution is -0.116. The molecule has 0 bridgehead atoms. The smallest absolute Gasteiger partial charge is 0.240 e. The van der Waals surface area contributed by atoms with Crippen molar-refractivity contribution in [2.75, 3.05) is 17.9 Å². The third kappa shape index (κ3) is 3.87. The molecule has 4 rings (SSSR count). The SMILES string of the molecule is CCc1nnc2n1N[C@@H](c1ccc(OC)cc1)[C@H](C(=O)Nc1cc(C)ccc1C)S2. The van der Waals surface area contributed by atoms with Crippen LogP contribution < -0.4 is 15.5 Å². The summed E-state index contributed by atoms with van der Waals surface area (Å²) in [6, 6.07) is 13.6. The molecule has 0 saturated heterocycles. The van der Waals surface area contributed by atoms with E-state index in [1.807, 2.05) is 67.9 Å². The van der Waals surface area contributed by atoms with E-state index in [4.69, 9.17) is 4.74 Å². The predicted octanol–water partition coefficient (Wildman–Crippen LogP) is 3.86. The summed E-state index contributed by atoms with van der Waals surface area (Å²) >= 11 is 1.43. The lowest BCUT2D eigenvalue weighted by Crippen LogP contribution is -2.41. The lowest BCUT2D eigenvalue weighted by atomic mass is 10.0. The first-order valence-electron chi connectivity index (χ1n) is 9.89. The Bertz CT molecular complexity index is 1060. The van der Waals surface area contributed by atoms with Gasteiger partial charge in [0, 0.05) is 12.1 Å². The van der Waals surface area contributed by atoms with Crippen LogP contribution in [0.5, 0.6) is 5.75 Å². The second-order valence-electron chi connectivity index (χ2n) is 7.31. The Labute approximate surface area is 180 Å². The minimum Gasteiger partial charge on any atom is -0.497 e. The van der Waals surface area contributed by atoms with E-state index >= 15 is 0 Å². The summed E-state index contributed by atoms with van der Waals surface area (Å²) < 4.78 is 7.17. The zero-order chi connectivity index (χ0) is 21.3. The topological polar surface area (TPSA) is 81.1 Å². The largest absolute Gasteiger partial charge is 0.497 e. The first kappa shape index (κ1) is 20.3. The van der Waals surface area contributed by atoms with Crippen molar-refractivity contribution in [3.8, 4) is 5.75 Å². The number of hydrogen-bond donors (Lipinski definition) is 2. The van der Waals surface area contributed by atoms with E-state index < -0.39 is 5.25 Å². The van der Waals surface area contributed by atoms with Crippen LogP contribution in [-0.2, 0) is 11.2 Å². The van der Waals surface area contributed by atoms with Crippen LogP contribution in [0.25, 0.3) is 0 Å². The molecule has 156 valence electrons. The van der Waals surface area contributed by atoms with Gasteiger partial charge in [0.25, 0.3) is 0 Å². The third-order valence-corrected chi connectivity index (χ3v) is 6.42. The van der Waals surface area contributed by atoms with Crippen LogP contribution in [0.4, 0.5) is 5.69 Å². The standard InChI is InChI=1S/C22H25N5O2S/c1-5-18-24-25-22-27(18)26-19(15-8-10-16(29-4)11-9-15)20(30-22)21(28)23-17-12-13(2)6-7-14(17)3/h6-12,19-20,26H,5H2,1-4H3,(H,23,28)/t19-,20+/m0/s1. The number of amides is 1. The molecular formula is C22H25N5O2S. The van der Waals surface area contributed by atoms with E-state index in [1.165, 1.54) is 11.8 Å². The van der Waals surface area contributed by atoms with Gasteiger partial charge in [-0.15, -0.1) is 10.2 Å². The highest BCUT2D eigenvalue weighted by atomic mass is 32.2. The molecule has 3 aromatic rings. The zero-order valence-electron chi connectivity index (χ0n) is 17.5. The normalized spacial score (nSPS) is 17.7. The summed E-state index contributed by atoms with van der Waals surface area (Å²) in [5.74, 6) is 1.54. The first-order chi connectivity index (χ1) is 14.5. The van der Waals surface area contributed by atoms with Crippen LogP contribution in [0.2, 0.25) is 0 Å². The number of carbonyl (C=O) groups excluding carboxylic acids is 1. The molecule has 7 nitrogen and oxygen atoms in total. The van der Waals surface area contributed by atoms with E-state index in [0.29, 0.717) is 5.16 Å². The minimum absolute atomic E-state index is 0.0747. The molecule has 1 amide bonds. The molecule has 2 aromatic carbocycles. The quantitative estimate of drug-likeness (QED) is 0.649. The Morgan fingerprint density at radius 1 is 1.20 bits per heavy atom. The molecule has 1 aliphatic heterocycles. The highest BCUT2D eigenvalue weighted by Gasteiger charge is 2.37. The van der Waals surface area contributed by atoms with E-state index in [-0.39, 0.29) is 11.9 Å². The van der Waals surface area contributed by atoms with Crippen LogP contribution in [0.15, 0.2) is 47.6 Å². The van der Waals surface area contributed by atoms with Gasteiger partial charge in [-0.25, -0.2) is 4.68 Å². The van der Waals surface area contributed by atoms with Crippen LogP contribution in [-0.4, -0.2) is 33.1 Å². The molecule has 2 atom stereocenters. The van der Waals surface area contributed by atoms with Crippen molar-refractivity contribution in [2.24, 2.45) is 0 Å². The average Bonchev–Trinajstić information content (AvgIpc) is 3.17. The number of thioether (sulfide) groups is 1. The van der Waals surface area contributed by atoms with Gasteiger partial charge < -0.3 is 15.5 Å². The second-order valence-corrected chi connectivity index (χ2v) is 8.42. The molecule has 30 heavy (non-hydrogen) atoms. The number of methoxy groups -OCH3 is 1. The first-order valence-corrected chi connectivity index (χ1v) is 10.8.